The number of benzene rings is 2. The Balaban J connectivity index is 1.45. The topological polar surface area (TPSA) is 109 Å². The molecule has 1 N–H and O–H groups in total. The van der Waals surface area contributed by atoms with Crippen LogP contribution in [-0.4, -0.2) is 56.0 Å². The highest BCUT2D eigenvalue weighted by Gasteiger charge is 2.34. The highest BCUT2D eigenvalue weighted by Crippen LogP contribution is 2.29. The van der Waals surface area contributed by atoms with Crippen molar-refractivity contribution in [2.75, 3.05) is 32.1 Å². The number of aryl methyl sites for hydroxylation is 2. The molecule has 9 nitrogen and oxygen atoms in total. The number of piperidine rings is 1. The summed E-state index contributed by atoms with van der Waals surface area (Å²) in [6.45, 7) is 4.37. The summed E-state index contributed by atoms with van der Waals surface area (Å²) in [6.07, 6.45) is 1.27. The number of aromatic nitrogens is 2. The van der Waals surface area contributed by atoms with Gasteiger partial charge in [0.1, 0.15) is 0 Å². The molecule has 1 aliphatic heterocycles. The average molecular weight is 498 g/mol. The molecular formula is C25H31N5O4S. The first-order chi connectivity index (χ1) is 16.6. The summed E-state index contributed by atoms with van der Waals surface area (Å²) in [6, 6.07) is 13.1. The minimum Gasteiger partial charge on any atom is -0.378 e. The maximum Gasteiger partial charge on any atom is 0.243 e. The van der Waals surface area contributed by atoms with E-state index in [9.17, 15) is 13.2 Å². The minimum atomic E-state index is -3.80. The molecule has 4 rings (SSSR count). The molecular weight excluding hydrogens is 466 g/mol. The number of carbonyl (C=O) groups is 1. The lowest BCUT2D eigenvalue weighted by Gasteiger charge is -2.31. The van der Waals surface area contributed by atoms with E-state index in [1.54, 1.807) is 32.0 Å². The van der Waals surface area contributed by atoms with Crippen LogP contribution >= 0.6 is 0 Å². The molecule has 1 aliphatic rings. The summed E-state index contributed by atoms with van der Waals surface area (Å²) >= 11 is 0. The fourth-order valence-corrected chi connectivity index (χ4v) is 5.97. The van der Waals surface area contributed by atoms with Crippen molar-refractivity contribution in [1.29, 1.82) is 0 Å². The summed E-state index contributed by atoms with van der Waals surface area (Å²) in [7, 11) is 0.151. The van der Waals surface area contributed by atoms with Crippen LogP contribution in [-0.2, 0) is 21.4 Å². The normalized spacial score (nSPS) is 16.7. The first kappa shape index (κ1) is 24.9. The van der Waals surface area contributed by atoms with Crippen molar-refractivity contribution in [2.24, 2.45) is 5.92 Å². The van der Waals surface area contributed by atoms with Gasteiger partial charge >= 0.3 is 0 Å². The smallest absolute Gasteiger partial charge is 0.243 e. The molecule has 3 aromatic rings. The molecule has 1 fully saturated rings. The van der Waals surface area contributed by atoms with Crippen molar-refractivity contribution < 1.29 is 17.7 Å². The quantitative estimate of drug-likeness (QED) is 0.534. The molecule has 186 valence electrons. The summed E-state index contributed by atoms with van der Waals surface area (Å²) in [4.78, 5) is 19.3. The van der Waals surface area contributed by atoms with E-state index in [0.717, 1.165) is 11.3 Å². The van der Waals surface area contributed by atoms with Gasteiger partial charge in [0.05, 0.1) is 10.8 Å². The maximum absolute atomic E-state index is 13.6. The number of hydrogen-bond donors (Lipinski definition) is 1. The Morgan fingerprint density at radius 1 is 1.17 bits per heavy atom. The van der Waals surface area contributed by atoms with Crippen LogP contribution < -0.4 is 10.2 Å². The van der Waals surface area contributed by atoms with Crippen molar-refractivity contribution in [2.45, 2.75) is 38.1 Å². The molecule has 35 heavy (non-hydrogen) atoms. The van der Waals surface area contributed by atoms with Crippen LogP contribution in [0.2, 0.25) is 0 Å². The number of rotatable bonds is 7. The molecule has 1 aromatic heterocycles. The van der Waals surface area contributed by atoms with Gasteiger partial charge in [-0.3, -0.25) is 4.79 Å². The predicted molar refractivity (Wildman–Crippen MR) is 133 cm³/mol. The van der Waals surface area contributed by atoms with Crippen LogP contribution in [0.1, 0.15) is 29.9 Å². The van der Waals surface area contributed by atoms with Crippen LogP contribution in [0.15, 0.2) is 51.9 Å². The van der Waals surface area contributed by atoms with Gasteiger partial charge in [0.2, 0.25) is 27.6 Å². The third-order valence-corrected chi connectivity index (χ3v) is 8.27. The van der Waals surface area contributed by atoms with Gasteiger partial charge < -0.3 is 14.7 Å². The van der Waals surface area contributed by atoms with E-state index >= 15 is 0 Å². The van der Waals surface area contributed by atoms with Crippen LogP contribution in [0.25, 0.3) is 11.4 Å². The fourth-order valence-electron chi connectivity index (χ4n) is 4.19. The Morgan fingerprint density at radius 2 is 1.91 bits per heavy atom. The zero-order valence-corrected chi connectivity index (χ0v) is 21.3. The molecule has 1 unspecified atom stereocenters. The summed E-state index contributed by atoms with van der Waals surface area (Å²) in [5.74, 6) is 0.217. The molecule has 0 saturated carbocycles. The molecule has 0 radical (unpaired) electrons. The molecule has 2 aromatic carbocycles. The second-order valence-electron chi connectivity index (χ2n) is 9.10. The lowest BCUT2D eigenvalue weighted by molar-refractivity contribution is -0.126. The Kier molecular flexibility index (Phi) is 7.23. The van der Waals surface area contributed by atoms with Gasteiger partial charge in [-0.1, -0.05) is 29.4 Å². The van der Waals surface area contributed by atoms with Gasteiger partial charge in [-0.2, -0.15) is 9.29 Å². The SMILES string of the molecule is Cc1nc(-c2ccc(C)c(S(=O)(=O)N3CCCC(C(=O)NCc4ccc(N(C)C)cc4)C3)c2)no1. The highest BCUT2D eigenvalue weighted by molar-refractivity contribution is 7.89. The number of nitrogens with one attached hydrogen (secondary N) is 1. The number of nitrogens with zero attached hydrogens (tertiary/aromatic N) is 4. The fraction of sp³-hybridized carbons (Fsp3) is 0.400. The summed E-state index contributed by atoms with van der Waals surface area (Å²) in [5, 5.41) is 6.87. The Morgan fingerprint density at radius 3 is 2.57 bits per heavy atom. The van der Waals surface area contributed by atoms with Crippen LogP contribution in [0, 0.1) is 19.8 Å². The molecule has 0 bridgehead atoms. The Bertz CT molecular complexity index is 1300. The van der Waals surface area contributed by atoms with Gasteiger partial charge in [-0.15, -0.1) is 0 Å². The zero-order chi connectivity index (χ0) is 25.2. The minimum absolute atomic E-state index is 0.130. The van der Waals surface area contributed by atoms with Gasteiger partial charge in [0.15, 0.2) is 0 Å². The van der Waals surface area contributed by atoms with Crippen molar-refractivity contribution >= 4 is 21.6 Å². The standard InChI is InChI=1S/C25H31N5O4S/c1-17-7-10-20(24-27-18(2)34-28-24)14-23(17)35(32,33)30-13-5-6-21(16-30)25(31)26-15-19-8-11-22(12-9-19)29(3)4/h7-12,14,21H,5-6,13,15-16H2,1-4H3,(H,26,31). The maximum atomic E-state index is 13.6. The number of amides is 1. The number of anilines is 1. The molecule has 10 heteroatoms. The molecule has 1 saturated heterocycles. The Labute approximate surface area is 206 Å². The average Bonchev–Trinajstić information content (AvgIpc) is 3.29. The Hall–Kier alpha value is -3.24. The predicted octanol–water partition coefficient (Wildman–Crippen LogP) is 3.14. The lowest BCUT2D eigenvalue weighted by Crippen LogP contribution is -2.45. The number of carbonyl (C=O) groups excluding carboxylic acids is 1. The van der Waals surface area contributed by atoms with Gasteiger partial charge in [0.25, 0.3) is 0 Å². The molecule has 1 amide bonds. The first-order valence-corrected chi connectivity index (χ1v) is 13.0. The van der Waals surface area contributed by atoms with E-state index in [1.807, 2.05) is 43.3 Å². The summed E-state index contributed by atoms with van der Waals surface area (Å²) < 4.78 is 33.6. The van der Waals surface area contributed by atoms with E-state index in [1.165, 1.54) is 4.31 Å². The number of hydrogen-bond acceptors (Lipinski definition) is 7. The number of sulfonamides is 1. The van der Waals surface area contributed by atoms with Crippen molar-refractivity contribution in [3.63, 3.8) is 0 Å². The van der Waals surface area contributed by atoms with Gasteiger partial charge in [-0.25, -0.2) is 8.42 Å². The lowest BCUT2D eigenvalue weighted by atomic mass is 9.98. The summed E-state index contributed by atoms with van der Waals surface area (Å²) in [5.41, 5.74) is 3.27. The van der Waals surface area contributed by atoms with Gasteiger partial charge in [-0.05, 0) is 49.1 Å². The second kappa shape index (κ2) is 10.2. The third kappa shape index (κ3) is 5.54. The van der Waals surface area contributed by atoms with Crippen molar-refractivity contribution in [3.05, 3.63) is 59.5 Å². The highest BCUT2D eigenvalue weighted by atomic mass is 32.2. The molecule has 2 heterocycles. The zero-order valence-electron chi connectivity index (χ0n) is 20.5. The largest absolute Gasteiger partial charge is 0.378 e. The van der Waals surface area contributed by atoms with E-state index in [2.05, 4.69) is 15.5 Å². The van der Waals surface area contributed by atoms with E-state index in [0.29, 0.717) is 48.8 Å². The first-order valence-electron chi connectivity index (χ1n) is 11.6. The molecule has 0 spiro atoms. The van der Waals surface area contributed by atoms with Gasteiger partial charge in [0, 0.05) is 51.9 Å². The van der Waals surface area contributed by atoms with E-state index < -0.39 is 15.9 Å². The van der Waals surface area contributed by atoms with E-state index in [4.69, 9.17) is 4.52 Å². The molecule has 0 aliphatic carbocycles. The van der Waals surface area contributed by atoms with Crippen molar-refractivity contribution in [1.82, 2.24) is 19.8 Å². The van der Waals surface area contributed by atoms with Crippen molar-refractivity contribution in [3.8, 4) is 11.4 Å². The van der Waals surface area contributed by atoms with E-state index in [-0.39, 0.29) is 17.3 Å². The monoisotopic (exact) mass is 497 g/mol. The third-order valence-electron chi connectivity index (χ3n) is 6.27. The van der Waals surface area contributed by atoms with Crippen LogP contribution in [0.4, 0.5) is 5.69 Å². The second-order valence-corrected chi connectivity index (χ2v) is 11.0. The van der Waals surface area contributed by atoms with Crippen LogP contribution in [0.3, 0.4) is 0 Å². The molecule has 1 atom stereocenters. The van der Waals surface area contributed by atoms with Crippen LogP contribution in [0.5, 0.6) is 0 Å².